The van der Waals surface area contributed by atoms with Crippen LogP contribution in [0.15, 0.2) is 66.3 Å². The van der Waals surface area contributed by atoms with E-state index in [2.05, 4.69) is 52.5 Å². The van der Waals surface area contributed by atoms with Gasteiger partial charge in [-0.3, -0.25) is 4.57 Å². The van der Waals surface area contributed by atoms with E-state index in [-0.39, 0.29) is 6.10 Å². The Kier molecular flexibility index (Phi) is 6.76. The number of thioether (sulfide) groups is 1. The second-order valence-corrected chi connectivity index (χ2v) is 7.39. The highest BCUT2D eigenvalue weighted by molar-refractivity contribution is 7.98. The van der Waals surface area contributed by atoms with Gasteiger partial charge in [0.15, 0.2) is 17.1 Å². The SMILES string of the molecule is C=CCn1c(SCc2ccc(C)cc2)nnc1C(C)Oc1ccc(OC)cc1. The van der Waals surface area contributed by atoms with Crippen molar-refractivity contribution in [1.82, 2.24) is 14.8 Å². The molecule has 28 heavy (non-hydrogen) atoms. The van der Waals surface area contributed by atoms with Crippen LogP contribution in [0.5, 0.6) is 11.5 Å². The molecule has 0 aliphatic rings. The molecule has 0 fully saturated rings. The zero-order chi connectivity index (χ0) is 19.9. The van der Waals surface area contributed by atoms with E-state index in [9.17, 15) is 0 Å². The molecule has 0 saturated heterocycles. The minimum atomic E-state index is -0.241. The van der Waals surface area contributed by atoms with Crippen LogP contribution in [-0.4, -0.2) is 21.9 Å². The summed E-state index contributed by atoms with van der Waals surface area (Å²) in [5.41, 5.74) is 2.52. The normalized spacial score (nSPS) is 11.8. The van der Waals surface area contributed by atoms with Crippen LogP contribution in [0.1, 0.15) is 30.0 Å². The molecule has 146 valence electrons. The lowest BCUT2D eigenvalue weighted by Gasteiger charge is -2.16. The van der Waals surface area contributed by atoms with Crippen LogP contribution in [0.25, 0.3) is 0 Å². The van der Waals surface area contributed by atoms with E-state index in [1.54, 1.807) is 18.9 Å². The number of nitrogens with zero attached hydrogens (tertiary/aromatic N) is 3. The molecular weight excluding hydrogens is 370 g/mol. The van der Waals surface area contributed by atoms with Crippen molar-refractivity contribution in [3.63, 3.8) is 0 Å². The van der Waals surface area contributed by atoms with Crippen molar-refractivity contribution in [3.05, 3.63) is 78.1 Å². The van der Waals surface area contributed by atoms with Crippen LogP contribution in [0, 0.1) is 6.92 Å². The van der Waals surface area contributed by atoms with Crippen molar-refractivity contribution in [2.24, 2.45) is 0 Å². The highest BCUT2D eigenvalue weighted by Crippen LogP contribution is 2.27. The van der Waals surface area contributed by atoms with Gasteiger partial charge in [0.2, 0.25) is 0 Å². The number of rotatable bonds is 9. The Bertz CT molecular complexity index is 905. The monoisotopic (exact) mass is 395 g/mol. The van der Waals surface area contributed by atoms with E-state index < -0.39 is 0 Å². The van der Waals surface area contributed by atoms with Crippen molar-refractivity contribution in [2.45, 2.75) is 37.4 Å². The molecule has 0 aliphatic heterocycles. The third-order valence-electron chi connectivity index (χ3n) is 4.28. The lowest BCUT2D eigenvalue weighted by atomic mass is 10.2. The summed E-state index contributed by atoms with van der Waals surface area (Å²) >= 11 is 1.66. The smallest absolute Gasteiger partial charge is 0.191 e. The Balaban J connectivity index is 1.72. The molecule has 5 nitrogen and oxygen atoms in total. The maximum atomic E-state index is 6.05. The fraction of sp³-hybridized carbons (Fsp3) is 0.273. The molecule has 0 spiro atoms. The molecule has 0 radical (unpaired) electrons. The average molecular weight is 396 g/mol. The first-order valence-electron chi connectivity index (χ1n) is 9.13. The van der Waals surface area contributed by atoms with E-state index in [4.69, 9.17) is 9.47 Å². The van der Waals surface area contributed by atoms with Crippen molar-refractivity contribution in [1.29, 1.82) is 0 Å². The molecule has 0 aliphatic carbocycles. The van der Waals surface area contributed by atoms with Crippen molar-refractivity contribution in [3.8, 4) is 11.5 Å². The van der Waals surface area contributed by atoms with E-state index in [0.29, 0.717) is 6.54 Å². The third kappa shape index (κ3) is 4.95. The van der Waals surface area contributed by atoms with Crippen molar-refractivity contribution >= 4 is 11.8 Å². The Morgan fingerprint density at radius 3 is 2.39 bits per heavy atom. The number of hydrogen-bond donors (Lipinski definition) is 0. The fourth-order valence-corrected chi connectivity index (χ4v) is 3.66. The molecule has 0 N–H and O–H groups in total. The molecule has 1 unspecified atom stereocenters. The largest absolute Gasteiger partial charge is 0.497 e. The van der Waals surface area contributed by atoms with E-state index in [1.807, 2.05) is 37.3 Å². The Morgan fingerprint density at radius 1 is 1.07 bits per heavy atom. The lowest BCUT2D eigenvalue weighted by molar-refractivity contribution is 0.210. The fourth-order valence-electron chi connectivity index (χ4n) is 2.75. The van der Waals surface area contributed by atoms with Crippen molar-refractivity contribution in [2.75, 3.05) is 7.11 Å². The Hall–Kier alpha value is -2.73. The quantitative estimate of drug-likeness (QED) is 0.367. The maximum Gasteiger partial charge on any atom is 0.191 e. The van der Waals surface area contributed by atoms with E-state index in [1.165, 1.54) is 11.1 Å². The molecule has 3 rings (SSSR count). The summed E-state index contributed by atoms with van der Waals surface area (Å²) in [5.74, 6) is 3.17. The molecule has 6 heteroatoms. The molecule has 3 aromatic rings. The predicted octanol–water partition coefficient (Wildman–Crippen LogP) is 5.21. The zero-order valence-corrected chi connectivity index (χ0v) is 17.3. The minimum absolute atomic E-state index is 0.241. The molecule has 0 bridgehead atoms. The summed E-state index contributed by atoms with van der Waals surface area (Å²) in [7, 11) is 1.64. The minimum Gasteiger partial charge on any atom is -0.497 e. The molecule has 2 aromatic carbocycles. The second kappa shape index (κ2) is 9.46. The number of allylic oxidation sites excluding steroid dienone is 1. The number of hydrogen-bond acceptors (Lipinski definition) is 5. The average Bonchev–Trinajstić information content (AvgIpc) is 3.11. The topological polar surface area (TPSA) is 49.2 Å². The first-order chi connectivity index (χ1) is 13.6. The van der Waals surface area contributed by atoms with Crippen LogP contribution in [-0.2, 0) is 12.3 Å². The van der Waals surface area contributed by atoms with Crippen LogP contribution in [0.4, 0.5) is 0 Å². The van der Waals surface area contributed by atoms with Crippen LogP contribution in [0.2, 0.25) is 0 Å². The van der Waals surface area contributed by atoms with Gasteiger partial charge in [-0.25, -0.2) is 0 Å². The van der Waals surface area contributed by atoms with E-state index in [0.717, 1.165) is 28.2 Å². The highest BCUT2D eigenvalue weighted by Gasteiger charge is 2.19. The lowest BCUT2D eigenvalue weighted by Crippen LogP contribution is -2.12. The number of ether oxygens (including phenoxy) is 2. The number of methoxy groups -OCH3 is 1. The molecule has 1 atom stereocenters. The van der Waals surface area contributed by atoms with Gasteiger partial charge in [-0.15, -0.1) is 16.8 Å². The standard InChI is InChI=1S/C22H25N3O2S/c1-5-14-25-21(17(3)27-20-12-10-19(26-4)11-13-20)23-24-22(25)28-15-18-8-6-16(2)7-9-18/h5-13,17H,1,14-15H2,2-4H3. The number of benzene rings is 2. The Morgan fingerprint density at radius 2 is 1.75 bits per heavy atom. The number of aryl methyl sites for hydroxylation is 1. The molecule has 1 aromatic heterocycles. The molecule has 0 amide bonds. The first kappa shape index (κ1) is 20.0. The molecular formula is C22H25N3O2S. The van der Waals surface area contributed by atoms with Crippen molar-refractivity contribution < 1.29 is 9.47 Å². The first-order valence-corrected chi connectivity index (χ1v) is 10.1. The van der Waals surface area contributed by atoms with Gasteiger partial charge in [-0.2, -0.15) is 0 Å². The van der Waals surface area contributed by atoms with Gasteiger partial charge in [-0.05, 0) is 43.7 Å². The maximum absolute atomic E-state index is 6.05. The third-order valence-corrected chi connectivity index (χ3v) is 5.32. The van der Waals surface area contributed by atoms with E-state index >= 15 is 0 Å². The van der Waals surface area contributed by atoms with Crippen LogP contribution in [0.3, 0.4) is 0 Å². The Labute approximate surface area is 170 Å². The van der Waals surface area contributed by atoms with Gasteiger partial charge in [-0.1, -0.05) is 47.7 Å². The predicted molar refractivity (Wildman–Crippen MR) is 113 cm³/mol. The summed E-state index contributed by atoms with van der Waals surface area (Å²) in [4.78, 5) is 0. The second-order valence-electron chi connectivity index (χ2n) is 6.45. The van der Waals surface area contributed by atoms with Gasteiger partial charge in [0, 0.05) is 12.3 Å². The summed E-state index contributed by atoms with van der Waals surface area (Å²) in [6.45, 7) is 8.57. The number of aromatic nitrogens is 3. The van der Waals surface area contributed by atoms with Gasteiger partial charge < -0.3 is 9.47 Å². The molecule has 0 saturated carbocycles. The summed E-state index contributed by atoms with van der Waals surface area (Å²) < 4.78 is 13.3. The molecule has 1 heterocycles. The van der Waals surface area contributed by atoms with Gasteiger partial charge >= 0.3 is 0 Å². The van der Waals surface area contributed by atoms with Gasteiger partial charge in [0.05, 0.1) is 7.11 Å². The van der Waals surface area contributed by atoms with Crippen LogP contribution >= 0.6 is 11.8 Å². The zero-order valence-electron chi connectivity index (χ0n) is 16.5. The summed E-state index contributed by atoms with van der Waals surface area (Å²) in [6, 6.07) is 16.1. The summed E-state index contributed by atoms with van der Waals surface area (Å²) in [6.07, 6.45) is 1.61. The van der Waals surface area contributed by atoms with Gasteiger partial charge in [0.1, 0.15) is 11.5 Å². The summed E-state index contributed by atoms with van der Waals surface area (Å²) in [5, 5.41) is 9.63. The van der Waals surface area contributed by atoms with Crippen LogP contribution < -0.4 is 9.47 Å². The van der Waals surface area contributed by atoms with Gasteiger partial charge in [0.25, 0.3) is 0 Å². The highest BCUT2D eigenvalue weighted by atomic mass is 32.2.